The van der Waals surface area contributed by atoms with Crippen LogP contribution < -0.4 is 9.62 Å². The zero-order valence-corrected chi connectivity index (χ0v) is 16.6. The molecule has 5 nitrogen and oxygen atoms in total. The number of amides is 1. The second kappa shape index (κ2) is 6.97. The van der Waals surface area contributed by atoms with Crippen molar-refractivity contribution in [2.75, 3.05) is 22.4 Å². The van der Waals surface area contributed by atoms with Gasteiger partial charge < -0.3 is 5.32 Å². The molecule has 0 saturated heterocycles. The minimum atomic E-state index is -3.36. The summed E-state index contributed by atoms with van der Waals surface area (Å²) in [6, 6.07) is 10.3. The minimum absolute atomic E-state index is 0.341. The Bertz CT molecular complexity index is 947. The fraction of sp³-hybridized carbons (Fsp3) is 0.235. The lowest BCUT2D eigenvalue weighted by Crippen LogP contribution is -2.34. The summed E-state index contributed by atoms with van der Waals surface area (Å²) in [5.74, 6) is -0.354. The number of sulfonamides is 1. The maximum Gasteiger partial charge on any atom is 0.257 e. The normalized spacial score (nSPS) is 14.1. The monoisotopic (exact) mass is 442 g/mol. The fourth-order valence-electron chi connectivity index (χ4n) is 2.83. The van der Waals surface area contributed by atoms with Crippen LogP contribution in [0.25, 0.3) is 0 Å². The molecule has 3 rings (SSSR count). The zero-order valence-electron chi connectivity index (χ0n) is 13.4. The van der Waals surface area contributed by atoms with Gasteiger partial charge in [0.05, 0.1) is 22.5 Å². The van der Waals surface area contributed by atoms with E-state index in [9.17, 15) is 13.2 Å². The van der Waals surface area contributed by atoms with Crippen molar-refractivity contribution in [3.8, 4) is 0 Å². The highest BCUT2D eigenvalue weighted by atomic mass is 79.9. The van der Waals surface area contributed by atoms with E-state index in [-0.39, 0.29) is 5.91 Å². The Balaban J connectivity index is 1.92. The molecule has 1 heterocycles. The molecule has 25 heavy (non-hydrogen) atoms. The molecule has 0 bridgehead atoms. The summed E-state index contributed by atoms with van der Waals surface area (Å²) in [4.78, 5) is 12.5. The number of aryl methyl sites for hydroxylation is 1. The van der Waals surface area contributed by atoms with E-state index in [0.717, 1.165) is 22.9 Å². The molecule has 132 valence electrons. The highest BCUT2D eigenvalue weighted by Gasteiger charge is 2.24. The molecule has 0 atom stereocenters. The predicted octanol–water partition coefficient (Wildman–Crippen LogP) is 4.07. The maximum atomic E-state index is 12.5. The topological polar surface area (TPSA) is 66.5 Å². The van der Waals surface area contributed by atoms with Crippen LogP contribution in [0.1, 0.15) is 22.3 Å². The lowest BCUT2D eigenvalue weighted by Gasteiger charge is -2.29. The maximum absolute atomic E-state index is 12.5. The number of hydrogen-bond acceptors (Lipinski definition) is 3. The number of benzene rings is 2. The average Bonchev–Trinajstić information content (AvgIpc) is 2.55. The van der Waals surface area contributed by atoms with Gasteiger partial charge >= 0.3 is 0 Å². The van der Waals surface area contributed by atoms with Crippen molar-refractivity contribution in [1.82, 2.24) is 0 Å². The Morgan fingerprint density at radius 3 is 2.72 bits per heavy atom. The third-order valence-corrected chi connectivity index (χ3v) is 6.00. The van der Waals surface area contributed by atoms with E-state index in [1.54, 1.807) is 30.3 Å². The largest absolute Gasteiger partial charge is 0.322 e. The average molecular weight is 444 g/mol. The summed E-state index contributed by atoms with van der Waals surface area (Å²) in [6.45, 7) is 0.445. The van der Waals surface area contributed by atoms with Gasteiger partial charge in [0.2, 0.25) is 10.0 Å². The lowest BCUT2D eigenvalue weighted by molar-refractivity contribution is 0.102. The molecule has 2 aromatic carbocycles. The quantitative estimate of drug-likeness (QED) is 0.778. The second-order valence-electron chi connectivity index (χ2n) is 5.86. The fourth-order valence-corrected chi connectivity index (χ4v) is 4.39. The van der Waals surface area contributed by atoms with Crippen LogP contribution in [0.5, 0.6) is 0 Å². The van der Waals surface area contributed by atoms with Gasteiger partial charge in [0.1, 0.15) is 0 Å². The van der Waals surface area contributed by atoms with Gasteiger partial charge in [0.15, 0.2) is 0 Å². The number of nitrogens with zero attached hydrogens (tertiary/aromatic N) is 1. The first-order valence-corrected chi connectivity index (χ1v) is 10.6. The van der Waals surface area contributed by atoms with E-state index in [1.165, 1.54) is 10.6 Å². The predicted molar refractivity (Wildman–Crippen MR) is 104 cm³/mol. The van der Waals surface area contributed by atoms with E-state index < -0.39 is 10.0 Å². The molecule has 0 saturated carbocycles. The van der Waals surface area contributed by atoms with Crippen molar-refractivity contribution in [3.05, 3.63) is 57.0 Å². The van der Waals surface area contributed by atoms with Crippen LogP contribution >= 0.6 is 27.5 Å². The molecular formula is C17H16BrClN2O3S. The molecule has 1 amide bonds. The Morgan fingerprint density at radius 1 is 1.24 bits per heavy atom. The van der Waals surface area contributed by atoms with Crippen molar-refractivity contribution >= 4 is 54.8 Å². The van der Waals surface area contributed by atoms with Gasteiger partial charge in [-0.15, -0.1) is 0 Å². The van der Waals surface area contributed by atoms with Gasteiger partial charge in [-0.3, -0.25) is 9.10 Å². The smallest absolute Gasteiger partial charge is 0.257 e. The van der Waals surface area contributed by atoms with E-state index in [0.29, 0.717) is 28.5 Å². The minimum Gasteiger partial charge on any atom is -0.322 e. The highest BCUT2D eigenvalue weighted by Crippen LogP contribution is 2.32. The van der Waals surface area contributed by atoms with Gasteiger partial charge in [-0.25, -0.2) is 8.42 Å². The molecule has 1 aliphatic rings. The number of rotatable bonds is 3. The third-order valence-electron chi connectivity index (χ3n) is 3.99. The van der Waals surface area contributed by atoms with Crippen molar-refractivity contribution in [2.45, 2.75) is 12.8 Å². The van der Waals surface area contributed by atoms with Gasteiger partial charge in [-0.05, 0) is 48.7 Å². The highest BCUT2D eigenvalue weighted by molar-refractivity contribution is 9.10. The molecular weight excluding hydrogens is 428 g/mol. The molecule has 0 unspecified atom stereocenters. The summed E-state index contributed by atoms with van der Waals surface area (Å²) in [6.07, 6.45) is 2.78. The first kappa shape index (κ1) is 18.2. The van der Waals surface area contributed by atoms with Crippen LogP contribution in [0.3, 0.4) is 0 Å². The Kier molecular flexibility index (Phi) is 5.09. The van der Waals surface area contributed by atoms with Gasteiger partial charge in [0, 0.05) is 16.7 Å². The van der Waals surface area contributed by atoms with Crippen LogP contribution in [0.4, 0.5) is 11.4 Å². The van der Waals surface area contributed by atoms with Crippen LogP contribution in [-0.2, 0) is 16.4 Å². The molecule has 0 aliphatic carbocycles. The molecule has 1 aliphatic heterocycles. The summed E-state index contributed by atoms with van der Waals surface area (Å²) in [5, 5.41) is 3.13. The van der Waals surface area contributed by atoms with Crippen LogP contribution in [0.15, 0.2) is 40.9 Å². The SMILES string of the molecule is CS(=O)(=O)N1CCCc2ccc(NC(=O)c3cc(Br)ccc3Cl)cc21. The molecule has 0 spiro atoms. The lowest BCUT2D eigenvalue weighted by atomic mass is 10.0. The van der Waals surface area contributed by atoms with Crippen molar-refractivity contribution in [1.29, 1.82) is 0 Å². The van der Waals surface area contributed by atoms with Gasteiger partial charge in [-0.2, -0.15) is 0 Å². The van der Waals surface area contributed by atoms with Crippen molar-refractivity contribution in [3.63, 3.8) is 0 Å². The van der Waals surface area contributed by atoms with E-state index in [2.05, 4.69) is 21.2 Å². The van der Waals surface area contributed by atoms with E-state index in [4.69, 9.17) is 11.6 Å². The van der Waals surface area contributed by atoms with Crippen LogP contribution in [0.2, 0.25) is 5.02 Å². The number of carbonyl (C=O) groups is 1. The molecule has 2 aromatic rings. The second-order valence-corrected chi connectivity index (χ2v) is 9.09. The van der Waals surface area contributed by atoms with Gasteiger partial charge in [-0.1, -0.05) is 33.6 Å². The van der Waals surface area contributed by atoms with Crippen LogP contribution in [0, 0.1) is 0 Å². The Hall–Kier alpha value is -1.57. The first-order chi connectivity index (χ1) is 11.8. The summed E-state index contributed by atoms with van der Waals surface area (Å²) in [7, 11) is -3.36. The van der Waals surface area contributed by atoms with Crippen LogP contribution in [-0.4, -0.2) is 27.1 Å². The molecule has 0 aromatic heterocycles. The number of halogens is 2. The summed E-state index contributed by atoms with van der Waals surface area (Å²) in [5.41, 5.74) is 2.44. The van der Waals surface area contributed by atoms with E-state index >= 15 is 0 Å². The molecule has 0 radical (unpaired) electrons. The number of anilines is 2. The third kappa shape index (κ3) is 3.99. The Labute approximate surface area is 160 Å². The number of carbonyl (C=O) groups excluding carboxylic acids is 1. The molecule has 1 N–H and O–H groups in total. The zero-order chi connectivity index (χ0) is 18.2. The molecule has 8 heteroatoms. The van der Waals surface area contributed by atoms with Crippen molar-refractivity contribution in [2.24, 2.45) is 0 Å². The standard InChI is InChI=1S/C17H16BrClN2O3S/c1-25(23,24)21-8-2-3-11-4-6-13(10-16(11)21)20-17(22)14-9-12(18)5-7-15(14)19/h4-7,9-10H,2-3,8H2,1H3,(H,20,22). The number of hydrogen-bond donors (Lipinski definition) is 1. The number of nitrogens with one attached hydrogen (secondary N) is 1. The first-order valence-electron chi connectivity index (χ1n) is 7.63. The van der Waals surface area contributed by atoms with Gasteiger partial charge in [0.25, 0.3) is 5.91 Å². The summed E-state index contributed by atoms with van der Waals surface area (Å²) >= 11 is 9.40. The van der Waals surface area contributed by atoms with E-state index in [1.807, 2.05) is 6.07 Å². The van der Waals surface area contributed by atoms with Crippen molar-refractivity contribution < 1.29 is 13.2 Å². The Morgan fingerprint density at radius 2 is 2.00 bits per heavy atom. The number of fused-ring (bicyclic) bond motifs is 1. The summed E-state index contributed by atoms with van der Waals surface area (Å²) < 4.78 is 26.1. The molecule has 0 fully saturated rings.